The second-order valence-corrected chi connectivity index (χ2v) is 9.72. The summed E-state index contributed by atoms with van der Waals surface area (Å²) in [4.78, 5) is 12.5. The smallest absolute Gasteiger partial charge is 0.221 e. The van der Waals surface area contributed by atoms with E-state index in [1.807, 2.05) is 13.0 Å². The summed E-state index contributed by atoms with van der Waals surface area (Å²) in [6, 6.07) is 7.12. The van der Waals surface area contributed by atoms with Crippen molar-refractivity contribution in [1.82, 2.24) is 10.5 Å². The zero-order chi connectivity index (χ0) is 20.1. The third kappa shape index (κ3) is 5.22. The molecule has 6 nitrogen and oxygen atoms in total. The molecule has 1 amide bonds. The fourth-order valence-corrected chi connectivity index (χ4v) is 5.19. The van der Waals surface area contributed by atoms with Crippen molar-refractivity contribution in [2.75, 3.05) is 5.75 Å². The Morgan fingerprint density at radius 1 is 1.14 bits per heavy atom. The molecule has 2 aromatic rings. The largest absolute Gasteiger partial charge is 0.356 e. The van der Waals surface area contributed by atoms with E-state index in [1.54, 1.807) is 25.1 Å². The highest BCUT2D eigenvalue weighted by Crippen LogP contribution is 2.26. The maximum atomic E-state index is 12.9. The van der Waals surface area contributed by atoms with Crippen molar-refractivity contribution >= 4 is 15.7 Å². The molecule has 0 bridgehead atoms. The summed E-state index contributed by atoms with van der Waals surface area (Å²) in [6.07, 6.45) is 6.60. The average molecular weight is 405 g/mol. The van der Waals surface area contributed by atoms with Crippen LogP contribution in [-0.4, -0.2) is 31.3 Å². The van der Waals surface area contributed by atoms with Crippen molar-refractivity contribution < 1.29 is 17.7 Å². The number of nitrogens with one attached hydrogen (secondary N) is 1. The van der Waals surface area contributed by atoms with Crippen LogP contribution < -0.4 is 5.32 Å². The SMILES string of the molecule is Cc1cc(-c2ccc(C)c(S(=O)(=O)CCC(=O)NC3CCCCCC3)c2)on1. The van der Waals surface area contributed by atoms with E-state index < -0.39 is 9.84 Å². The average Bonchev–Trinajstić information content (AvgIpc) is 2.93. The van der Waals surface area contributed by atoms with Crippen LogP contribution in [0.3, 0.4) is 0 Å². The molecule has 1 saturated carbocycles. The first-order valence-corrected chi connectivity index (χ1v) is 11.6. The Morgan fingerprint density at radius 3 is 2.50 bits per heavy atom. The van der Waals surface area contributed by atoms with Gasteiger partial charge in [-0.05, 0) is 38.3 Å². The lowest BCUT2D eigenvalue weighted by molar-refractivity contribution is -0.121. The summed E-state index contributed by atoms with van der Waals surface area (Å²) in [7, 11) is -3.58. The van der Waals surface area contributed by atoms with Gasteiger partial charge in [0, 0.05) is 24.1 Å². The maximum absolute atomic E-state index is 12.9. The van der Waals surface area contributed by atoms with Gasteiger partial charge in [-0.3, -0.25) is 4.79 Å². The molecular formula is C21H28N2O4S. The summed E-state index contributed by atoms with van der Waals surface area (Å²) in [5.41, 5.74) is 2.05. The van der Waals surface area contributed by atoms with Crippen LogP contribution in [0.2, 0.25) is 0 Å². The van der Waals surface area contributed by atoms with Crippen molar-refractivity contribution in [3.05, 3.63) is 35.5 Å². The van der Waals surface area contributed by atoms with Gasteiger partial charge in [-0.1, -0.05) is 43.0 Å². The van der Waals surface area contributed by atoms with Crippen molar-refractivity contribution in [2.45, 2.75) is 69.7 Å². The number of aromatic nitrogens is 1. The Morgan fingerprint density at radius 2 is 1.86 bits per heavy atom. The Bertz CT molecular complexity index is 926. The molecular weight excluding hydrogens is 376 g/mol. The van der Waals surface area contributed by atoms with Gasteiger partial charge < -0.3 is 9.84 Å². The minimum Gasteiger partial charge on any atom is -0.356 e. The molecule has 0 aliphatic heterocycles. The minimum absolute atomic E-state index is 0.0239. The molecule has 1 aromatic heterocycles. The topological polar surface area (TPSA) is 89.3 Å². The fourth-order valence-electron chi connectivity index (χ4n) is 3.65. The van der Waals surface area contributed by atoms with E-state index in [-0.39, 0.29) is 29.0 Å². The normalized spacial score (nSPS) is 15.9. The molecule has 0 atom stereocenters. The van der Waals surface area contributed by atoms with Crippen molar-refractivity contribution in [1.29, 1.82) is 0 Å². The Hall–Kier alpha value is -2.15. The second-order valence-electron chi connectivity index (χ2n) is 7.64. The molecule has 0 saturated heterocycles. The van der Waals surface area contributed by atoms with E-state index in [2.05, 4.69) is 10.5 Å². The van der Waals surface area contributed by atoms with E-state index in [1.165, 1.54) is 12.8 Å². The first kappa shape index (κ1) is 20.6. The zero-order valence-corrected chi connectivity index (χ0v) is 17.3. The van der Waals surface area contributed by atoms with Crippen LogP contribution in [0.25, 0.3) is 11.3 Å². The van der Waals surface area contributed by atoms with Gasteiger partial charge in [-0.15, -0.1) is 0 Å². The summed E-state index contributed by atoms with van der Waals surface area (Å²) < 4.78 is 31.0. The molecule has 28 heavy (non-hydrogen) atoms. The molecule has 1 aliphatic rings. The number of benzene rings is 1. The lowest BCUT2D eigenvalue weighted by atomic mass is 10.1. The van der Waals surface area contributed by atoms with Crippen LogP contribution in [0, 0.1) is 13.8 Å². The van der Waals surface area contributed by atoms with Gasteiger partial charge in [0.05, 0.1) is 16.3 Å². The summed E-state index contributed by atoms with van der Waals surface area (Å²) in [5, 5.41) is 6.86. The molecule has 0 unspecified atom stereocenters. The van der Waals surface area contributed by atoms with Gasteiger partial charge in [0.2, 0.25) is 5.91 Å². The quantitative estimate of drug-likeness (QED) is 0.736. The van der Waals surface area contributed by atoms with Crippen LogP contribution in [0.1, 0.15) is 56.2 Å². The van der Waals surface area contributed by atoms with E-state index >= 15 is 0 Å². The fraction of sp³-hybridized carbons (Fsp3) is 0.524. The standard InChI is InChI=1S/C21H28N2O4S/c1-15-9-10-17(19-13-16(2)23-27-19)14-20(15)28(25,26)12-11-21(24)22-18-7-5-3-4-6-8-18/h9-10,13-14,18H,3-8,11-12H2,1-2H3,(H,22,24). The number of hydrogen-bond donors (Lipinski definition) is 1. The van der Waals surface area contributed by atoms with Crippen LogP contribution in [0.4, 0.5) is 0 Å². The highest BCUT2D eigenvalue weighted by molar-refractivity contribution is 7.91. The van der Waals surface area contributed by atoms with E-state index in [9.17, 15) is 13.2 Å². The first-order chi connectivity index (χ1) is 13.3. The maximum Gasteiger partial charge on any atom is 0.221 e. The second kappa shape index (κ2) is 8.90. The number of rotatable bonds is 6. The van der Waals surface area contributed by atoms with Crippen LogP contribution in [0.5, 0.6) is 0 Å². The lowest BCUT2D eigenvalue weighted by Gasteiger charge is -2.16. The predicted octanol–water partition coefficient (Wildman–Crippen LogP) is 3.96. The predicted molar refractivity (Wildman–Crippen MR) is 108 cm³/mol. The van der Waals surface area contributed by atoms with E-state index in [0.717, 1.165) is 31.4 Å². The Kier molecular flexibility index (Phi) is 6.54. The van der Waals surface area contributed by atoms with Crippen LogP contribution in [0.15, 0.2) is 33.7 Å². The van der Waals surface area contributed by atoms with Crippen molar-refractivity contribution in [3.8, 4) is 11.3 Å². The highest BCUT2D eigenvalue weighted by atomic mass is 32.2. The van der Waals surface area contributed by atoms with Gasteiger partial charge in [-0.2, -0.15) is 0 Å². The van der Waals surface area contributed by atoms with Gasteiger partial charge >= 0.3 is 0 Å². The Balaban J connectivity index is 1.67. The lowest BCUT2D eigenvalue weighted by Crippen LogP contribution is -2.35. The molecule has 3 rings (SSSR count). The molecule has 0 radical (unpaired) electrons. The molecule has 1 aliphatic carbocycles. The summed E-state index contributed by atoms with van der Waals surface area (Å²) in [5.74, 6) is 0.140. The molecule has 1 N–H and O–H groups in total. The number of carbonyl (C=O) groups excluding carboxylic acids is 1. The molecule has 0 spiro atoms. The third-order valence-electron chi connectivity index (χ3n) is 5.25. The number of carbonyl (C=O) groups is 1. The monoisotopic (exact) mass is 404 g/mol. The third-order valence-corrected chi connectivity index (χ3v) is 7.11. The molecule has 7 heteroatoms. The number of sulfone groups is 1. The van der Waals surface area contributed by atoms with Gasteiger partial charge in [0.15, 0.2) is 15.6 Å². The van der Waals surface area contributed by atoms with Gasteiger partial charge in [-0.25, -0.2) is 8.42 Å². The van der Waals surface area contributed by atoms with Crippen LogP contribution >= 0.6 is 0 Å². The van der Waals surface area contributed by atoms with Crippen molar-refractivity contribution in [3.63, 3.8) is 0 Å². The first-order valence-electron chi connectivity index (χ1n) is 9.91. The molecule has 1 fully saturated rings. The zero-order valence-electron chi connectivity index (χ0n) is 16.5. The number of aryl methyl sites for hydroxylation is 2. The Labute approximate surface area is 166 Å². The van der Waals surface area contributed by atoms with Gasteiger partial charge in [0.25, 0.3) is 0 Å². The highest BCUT2D eigenvalue weighted by Gasteiger charge is 2.22. The number of hydrogen-bond acceptors (Lipinski definition) is 5. The summed E-state index contributed by atoms with van der Waals surface area (Å²) >= 11 is 0. The number of amides is 1. The summed E-state index contributed by atoms with van der Waals surface area (Å²) in [6.45, 7) is 3.57. The van der Waals surface area contributed by atoms with E-state index in [0.29, 0.717) is 16.9 Å². The molecule has 152 valence electrons. The minimum atomic E-state index is -3.58. The molecule has 1 aromatic carbocycles. The van der Waals surface area contributed by atoms with Gasteiger partial charge in [0.1, 0.15) is 0 Å². The van der Waals surface area contributed by atoms with Crippen LogP contribution in [-0.2, 0) is 14.6 Å². The van der Waals surface area contributed by atoms with Crippen molar-refractivity contribution in [2.24, 2.45) is 0 Å². The number of nitrogens with zero attached hydrogens (tertiary/aromatic N) is 1. The van der Waals surface area contributed by atoms with E-state index in [4.69, 9.17) is 4.52 Å². The molecule has 1 heterocycles.